The summed E-state index contributed by atoms with van der Waals surface area (Å²) in [6, 6.07) is 1.48. The molecule has 188 valence electrons. The van der Waals surface area contributed by atoms with Gasteiger partial charge in [-0.1, -0.05) is 19.3 Å². The normalized spacial score (nSPS) is 24.9. The first-order valence-electron chi connectivity index (χ1n) is 11.2. The summed E-state index contributed by atoms with van der Waals surface area (Å²) < 4.78 is 75.4. The molecule has 1 aromatic heterocycles. The molecular weight excluding hydrogens is 469 g/mol. The highest BCUT2D eigenvalue weighted by molar-refractivity contribution is 5.85. The van der Waals surface area contributed by atoms with Crippen LogP contribution in [0.5, 0.6) is 0 Å². The first kappa shape index (κ1) is 26.2. The predicted octanol–water partition coefficient (Wildman–Crippen LogP) is 4.14. The molecule has 1 spiro atoms. The van der Waals surface area contributed by atoms with Gasteiger partial charge in [-0.3, -0.25) is 0 Å². The van der Waals surface area contributed by atoms with Gasteiger partial charge < -0.3 is 19.9 Å². The zero-order valence-electron chi connectivity index (χ0n) is 18.6. The van der Waals surface area contributed by atoms with Gasteiger partial charge >= 0.3 is 6.18 Å². The van der Waals surface area contributed by atoms with Crippen molar-refractivity contribution in [1.82, 2.24) is 15.3 Å². The number of hydrogen-bond acceptors (Lipinski definition) is 6. The topological polar surface area (TPSA) is 53.5 Å². The fraction of sp³-hybridized carbons (Fsp3) is 0.810. The smallest absolute Gasteiger partial charge is 0.371 e. The lowest BCUT2D eigenvalue weighted by Gasteiger charge is -2.45. The number of morpholine rings is 1. The maximum absolute atomic E-state index is 14.3. The lowest BCUT2D eigenvalue weighted by atomic mass is 9.83. The highest BCUT2D eigenvalue weighted by Crippen LogP contribution is 2.37. The van der Waals surface area contributed by atoms with E-state index in [9.17, 15) is 22.0 Å². The number of alkyl halides is 5. The third-order valence-corrected chi connectivity index (χ3v) is 6.80. The van der Waals surface area contributed by atoms with Crippen molar-refractivity contribution in [2.75, 3.05) is 56.2 Å². The number of piperidine rings is 1. The van der Waals surface area contributed by atoms with Gasteiger partial charge in [0.2, 0.25) is 5.82 Å². The number of ether oxygens (including phenoxy) is 1. The minimum Gasteiger partial charge on any atom is -0.371 e. The van der Waals surface area contributed by atoms with Crippen LogP contribution in [0.3, 0.4) is 0 Å². The standard InChI is InChI=1S/C21H30F5N5O.ClH/c1-30(13-15-12-27-8-7-20(15,22)23)16-11-17(29-18(28-16)21(24,25)26)31-9-10-32-19(14-31)5-3-2-4-6-19;/h11,15,27H,2-10,12-14H2,1H3;1H. The SMILES string of the molecule is CN(CC1CNCCC1(F)F)c1cc(N2CCOC3(CCCCC3)C2)nc(C(F)(F)F)n1.Cl. The van der Waals surface area contributed by atoms with Crippen LogP contribution in [0, 0.1) is 5.92 Å². The van der Waals surface area contributed by atoms with E-state index in [2.05, 4.69) is 15.3 Å². The van der Waals surface area contributed by atoms with Crippen LogP contribution in [0.15, 0.2) is 6.07 Å². The van der Waals surface area contributed by atoms with Crippen LogP contribution in [0.25, 0.3) is 0 Å². The van der Waals surface area contributed by atoms with E-state index in [1.165, 1.54) is 18.0 Å². The minimum absolute atomic E-state index is 0. The summed E-state index contributed by atoms with van der Waals surface area (Å²) in [7, 11) is 1.50. The molecule has 2 aliphatic heterocycles. The maximum Gasteiger partial charge on any atom is 0.451 e. The van der Waals surface area contributed by atoms with Crippen LogP contribution >= 0.6 is 12.4 Å². The quantitative estimate of drug-likeness (QED) is 0.629. The Morgan fingerprint density at radius 1 is 1.18 bits per heavy atom. The summed E-state index contributed by atoms with van der Waals surface area (Å²) in [4.78, 5) is 10.7. The van der Waals surface area contributed by atoms with Crippen LogP contribution in [-0.2, 0) is 10.9 Å². The Morgan fingerprint density at radius 3 is 2.58 bits per heavy atom. The lowest BCUT2D eigenvalue weighted by molar-refractivity contribution is -0.144. The number of nitrogens with zero attached hydrogens (tertiary/aromatic N) is 4. The van der Waals surface area contributed by atoms with Gasteiger partial charge in [-0.2, -0.15) is 13.2 Å². The largest absolute Gasteiger partial charge is 0.451 e. The summed E-state index contributed by atoms with van der Waals surface area (Å²) in [5.74, 6) is -4.99. The Morgan fingerprint density at radius 2 is 1.91 bits per heavy atom. The van der Waals surface area contributed by atoms with E-state index < -0.39 is 23.8 Å². The van der Waals surface area contributed by atoms with Crippen molar-refractivity contribution in [3.63, 3.8) is 0 Å². The molecule has 1 aromatic rings. The van der Waals surface area contributed by atoms with Crippen molar-refractivity contribution in [2.45, 2.75) is 56.2 Å². The monoisotopic (exact) mass is 499 g/mol. The van der Waals surface area contributed by atoms with E-state index >= 15 is 0 Å². The number of halogens is 6. The zero-order valence-corrected chi connectivity index (χ0v) is 19.5. The van der Waals surface area contributed by atoms with E-state index in [1.54, 1.807) is 0 Å². The molecule has 0 radical (unpaired) electrons. The molecule has 3 heterocycles. The van der Waals surface area contributed by atoms with Gasteiger partial charge in [0.15, 0.2) is 0 Å². The Hall–Kier alpha value is -1.46. The highest BCUT2D eigenvalue weighted by atomic mass is 35.5. The van der Waals surface area contributed by atoms with Gasteiger partial charge in [0.05, 0.1) is 18.1 Å². The maximum atomic E-state index is 14.3. The molecule has 3 fully saturated rings. The second-order valence-electron chi connectivity index (χ2n) is 9.21. The second-order valence-corrected chi connectivity index (χ2v) is 9.21. The van der Waals surface area contributed by atoms with Gasteiger partial charge in [0.25, 0.3) is 5.92 Å². The molecule has 4 rings (SSSR count). The first-order chi connectivity index (χ1) is 15.1. The van der Waals surface area contributed by atoms with Crippen LogP contribution in [-0.4, -0.2) is 67.9 Å². The first-order valence-corrected chi connectivity index (χ1v) is 11.2. The van der Waals surface area contributed by atoms with Crippen LogP contribution in [0.2, 0.25) is 0 Å². The van der Waals surface area contributed by atoms with Gasteiger partial charge in [-0.05, 0) is 12.8 Å². The van der Waals surface area contributed by atoms with E-state index in [4.69, 9.17) is 4.74 Å². The average molecular weight is 500 g/mol. The Labute approximate surface area is 196 Å². The minimum atomic E-state index is -4.74. The summed E-state index contributed by atoms with van der Waals surface area (Å²) in [5.41, 5.74) is -0.359. The molecule has 1 atom stereocenters. The van der Waals surface area contributed by atoms with Crippen molar-refractivity contribution in [3.05, 3.63) is 11.9 Å². The number of aromatic nitrogens is 2. The lowest BCUT2D eigenvalue weighted by Crippen LogP contribution is -2.53. The van der Waals surface area contributed by atoms with E-state index in [0.717, 1.165) is 32.1 Å². The Bertz CT molecular complexity index is 800. The fourth-order valence-corrected chi connectivity index (χ4v) is 4.95. The van der Waals surface area contributed by atoms with Crippen LogP contribution in [0.1, 0.15) is 44.3 Å². The third kappa shape index (κ3) is 5.97. The molecule has 3 aliphatic rings. The van der Waals surface area contributed by atoms with E-state index in [-0.39, 0.29) is 55.7 Å². The second kappa shape index (κ2) is 10.0. The van der Waals surface area contributed by atoms with Gasteiger partial charge in [-0.25, -0.2) is 18.7 Å². The number of nitrogens with one attached hydrogen (secondary N) is 1. The average Bonchev–Trinajstić information content (AvgIpc) is 2.75. The summed E-state index contributed by atoms with van der Waals surface area (Å²) >= 11 is 0. The molecule has 1 saturated carbocycles. The number of anilines is 2. The molecule has 1 N–H and O–H groups in total. The molecule has 1 aliphatic carbocycles. The molecule has 0 bridgehead atoms. The van der Waals surface area contributed by atoms with Gasteiger partial charge in [-0.15, -0.1) is 12.4 Å². The van der Waals surface area contributed by atoms with Crippen molar-refractivity contribution < 1.29 is 26.7 Å². The number of hydrogen-bond donors (Lipinski definition) is 1. The molecular formula is C21H31ClF5N5O. The fourth-order valence-electron chi connectivity index (χ4n) is 4.95. The predicted molar refractivity (Wildman–Crippen MR) is 117 cm³/mol. The van der Waals surface area contributed by atoms with Crippen molar-refractivity contribution in [3.8, 4) is 0 Å². The Balaban J connectivity index is 0.00000306. The molecule has 1 unspecified atom stereocenters. The van der Waals surface area contributed by atoms with Crippen LogP contribution in [0.4, 0.5) is 33.6 Å². The van der Waals surface area contributed by atoms with E-state index in [1.807, 2.05) is 4.90 Å². The Kier molecular flexibility index (Phi) is 7.95. The van der Waals surface area contributed by atoms with Gasteiger partial charge in [0.1, 0.15) is 11.6 Å². The molecule has 0 amide bonds. The summed E-state index contributed by atoms with van der Waals surface area (Å²) in [6.45, 7) is 1.52. The number of rotatable bonds is 4. The van der Waals surface area contributed by atoms with Crippen molar-refractivity contribution in [1.29, 1.82) is 0 Å². The van der Waals surface area contributed by atoms with Crippen LogP contribution < -0.4 is 15.1 Å². The van der Waals surface area contributed by atoms with Crippen molar-refractivity contribution >= 4 is 24.0 Å². The molecule has 2 saturated heterocycles. The molecule has 0 aromatic carbocycles. The summed E-state index contributed by atoms with van der Waals surface area (Å²) in [6.07, 6.45) is -0.0894. The van der Waals surface area contributed by atoms with Gasteiger partial charge in [0, 0.05) is 52.3 Å². The highest BCUT2D eigenvalue weighted by Gasteiger charge is 2.43. The molecule has 33 heavy (non-hydrogen) atoms. The molecule has 6 nitrogen and oxygen atoms in total. The van der Waals surface area contributed by atoms with E-state index in [0.29, 0.717) is 19.7 Å². The van der Waals surface area contributed by atoms with Crippen molar-refractivity contribution in [2.24, 2.45) is 5.92 Å². The zero-order chi connectivity index (χ0) is 23.0. The third-order valence-electron chi connectivity index (χ3n) is 6.80. The summed E-state index contributed by atoms with van der Waals surface area (Å²) in [5, 5.41) is 2.94. The molecule has 12 heteroatoms.